The smallest absolute Gasteiger partial charge is 0.254 e. The van der Waals surface area contributed by atoms with Crippen LogP contribution in [0.3, 0.4) is 0 Å². The molecule has 0 bridgehead atoms. The predicted octanol–water partition coefficient (Wildman–Crippen LogP) is 2.62. The minimum atomic E-state index is -0.0477. The van der Waals surface area contributed by atoms with E-state index in [-0.39, 0.29) is 11.9 Å². The van der Waals surface area contributed by atoms with Gasteiger partial charge in [0.15, 0.2) is 0 Å². The second kappa shape index (κ2) is 8.21. The zero-order valence-electron chi connectivity index (χ0n) is 16.0. The van der Waals surface area contributed by atoms with Gasteiger partial charge in [0.2, 0.25) is 5.95 Å². The summed E-state index contributed by atoms with van der Waals surface area (Å²) in [7, 11) is 0. The lowest BCUT2D eigenvalue weighted by Crippen LogP contribution is -2.45. The molecule has 0 saturated carbocycles. The van der Waals surface area contributed by atoms with E-state index in [9.17, 15) is 4.79 Å². The quantitative estimate of drug-likeness (QED) is 0.741. The van der Waals surface area contributed by atoms with Crippen LogP contribution in [0.5, 0.6) is 0 Å². The standard InChI is InChI=1S/C21H24N6O/c1-2-19-18(15-24-27(19)17-7-4-3-5-8-17)20(28)25-16-9-13-26(14-10-16)21-22-11-6-12-23-21/h3-8,11-12,15-16H,2,9-10,13-14H2,1H3,(H,25,28). The van der Waals surface area contributed by atoms with E-state index in [0.29, 0.717) is 5.56 Å². The molecule has 1 aromatic carbocycles. The van der Waals surface area contributed by atoms with E-state index >= 15 is 0 Å². The first-order chi connectivity index (χ1) is 13.8. The van der Waals surface area contributed by atoms with Crippen molar-refractivity contribution in [3.8, 4) is 5.69 Å². The van der Waals surface area contributed by atoms with Crippen molar-refractivity contribution in [2.24, 2.45) is 0 Å². The first-order valence-electron chi connectivity index (χ1n) is 9.71. The average molecular weight is 376 g/mol. The molecule has 0 radical (unpaired) electrons. The molecule has 1 N–H and O–H groups in total. The normalized spacial score (nSPS) is 14.8. The van der Waals surface area contributed by atoms with Crippen LogP contribution in [0.2, 0.25) is 0 Å². The van der Waals surface area contributed by atoms with E-state index in [1.165, 1.54) is 0 Å². The van der Waals surface area contributed by atoms with E-state index < -0.39 is 0 Å². The number of piperidine rings is 1. The first-order valence-corrected chi connectivity index (χ1v) is 9.71. The largest absolute Gasteiger partial charge is 0.349 e. The SMILES string of the molecule is CCc1c(C(=O)NC2CCN(c3ncccn3)CC2)cnn1-c1ccccc1. The molecule has 0 unspecified atom stereocenters. The minimum absolute atomic E-state index is 0.0477. The van der Waals surface area contributed by atoms with E-state index in [1.54, 1.807) is 18.6 Å². The van der Waals surface area contributed by atoms with Crippen molar-refractivity contribution in [1.82, 2.24) is 25.1 Å². The van der Waals surface area contributed by atoms with Gasteiger partial charge in [0, 0.05) is 31.5 Å². The number of rotatable bonds is 5. The third-order valence-electron chi connectivity index (χ3n) is 5.11. The van der Waals surface area contributed by atoms with Gasteiger partial charge in [0.05, 0.1) is 23.1 Å². The lowest BCUT2D eigenvalue weighted by molar-refractivity contribution is 0.0930. The molecule has 4 rings (SSSR count). The Morgan fingerprint density at radius 1 is 1.11 bits per heavy atom. The fourth-order valence-electron chi connectivity index (χ4n) is 3.64. The summed E-state index contributed by atoms with van der Waals surface area (Å²) in [5, 5.41) is 7.64. The second-order valence-electron chi connectivity index (χ2n) is 6.89. The minimum Gasteiger partial charge on any atom is -0.349 e. The highest BCUT2D eigenvalue weighted by atomic mass is 16.1. The summed E-state index contributed by atoms with van der Waals surface area (Å²) in [5.41, 5.74) is 2.55. The Bertz CT molecular complexity index is 917. The molecular weight excluding hydrogens is 352 g/mol. The second-order valence-corrected chi connectivity index (χ2v) is 6.89. The van der Waals surface area contributed by atoms with Gasteiger partial charge < -0.3 is 10.2 Å². The molecule has 2 aromatic heterocycles. The van der Waals surface area contributed by atoms with Crippen LogP contribution in [-0.4, -0.2) is 44.8 Å². The van der Waals surface area contributed by atoms with Crippen LogP contribution in [0.25, 0.3) is 5.69 Å². The predicted molar refractivity (Wildman–Crippen MR) is 108 cm³/mol. The number of carbonyl (C=O) groups excluding carboxylic acids is 1. The highest BCUT2D eigenvalue weighted by Gasteiger charge is 2.24. The highest BCUT2D eigenvalue weighted by molar-refractivity contribution is 5.95. The molecular formula is C21H24N6O. The van der Waals surface area contributed by atoms with E-state index in [0.717, 1.165) is 49.7 Å². The van der Waals surface area contributed by atoms with Crippen LogP contribution in [0, 0.1) is 0 Å². The molecule has 0 atom stereocenters. The molecule has 1 aliphatic heterocycles. The molecule has 28 heavy (non-hydrogen) atoms. The van der Waals surface area contributed by atoms with Gasteiger partial charge >= 0.3 is 0 Å². The number of carbonyl (C=O) groups is 1. The highest BCUT2D eigenvalue weighted by Crippen LogP contribution is 2.18. The Balaban J connectivity index is 1.42. The Hall–Kier alpha value is -3.22. The maximum atomic E-state index is 12.9. The maximum absolute atomic E-state index is 12.9. The van der Waals surface area contributed by atoms with Crippen molar-refractivity contribution in [3.05, 3.63) is 66.2 Å². The molecule has 1 fully saturated rings. The number of aromatic nitrogens is 4. The first kappa shape index (κ1) is 18.2. The van der Waals surface area contributed by atoms with Crippen molar-refractivity contribution >= 4 is 11.9 Å². The van der Waals surface area contributed by atoms with Gasteiger partial charge in [-0.1, -0.05) is 25.1 Å². The summed E-state index contributed by atoms with van der Waals surface area (Å²) in [5.74, 6) is 0.707. The molecule has 3 heterocycles. The molecule has 7 heteroatoms. The van der Waals surface area contributed by atoms with Crippen LogP contribution in [0.1, 0.15) is 35.8 Å². The van der Waals surface area contributed by atoms with Crippen molar-refractivity contribution in [2.75, 3.05) is 18.0 Å². The van der Waals surface area contributed by atoms with E-state index in [2.05, 4.69) is 25.3 Å². The molecule has 1 aliphatic rings. The Morgan fingerprint density at radius 2 is 1.82 bits per heavy atom. The summed E-state index contributed by atoms with van der Waals surface area (Å²) >= 11 is 0. The lowest BCUT2D eigenvalue weighted by Gasteiger charge is -2.32. The van der Waals surface area contributed by atoms with Crippen molar-refractivity contribution in [2.45, 2.75) is 32.2 Å². The monoisotopic (exact) mass is 376 g/mol. The number of anilines is 1. The summed E-state index contributed by atoms with van der Waals surface area (Å²) in [6.07, 6.45) is 7.67. The van der Waals surface area contributed by atoms with Crippen molar-refractivity contribution < 1.29 is 4.79 Å². The number of benzene rings is 1. The Morgan fingerprint density at radius 3 is 2.50 bits per heavy atom. The number of para-hydroxylation sites is 1. The molecule has 1 amide bonds. The fourth-order valence-corrected chi connectivity index (χ4v) is 3.64. The summed E-state index contributed by atoms with van der Waals surface area (Å²) in [4.78, 5) is 23.7. The Labute approximate surface area is 164 Å². The third-order valence-corrected chi connectivity index (χ3v) is 5.11. The maximum Gasteiger partial charge on any atom is 0.254 e. The van der Waals surface area contributed by atoms with Gasteiger partial charge in [0.1, 0.15) is 0 Å². The van der Waals surface area contributed by atoms with Gasteiger partial charge in [-0.25, -0.2) is 14.6 Å². The third kappa shape index (κ3) is 3.74. The van der Waals surface area contributed by atoms with Gasteiger partial charge in [-0.3, -0.25) is 4.79 Å². The summed E-state index contributed by atoms with van der Waals surface area (Å²) < 4.78 is 1.85. The van der Waals surface area contributed by atoms with Crippen LogP contribution >= 0.6 is 0 Å². The van der Waals surface area contributed by atoms with Gasteiger partial charge in [0.25, 0.3) is 5.91 Å². The molecule has 1 saturated heterocycles. The summed E-state index contributed by atoms with van der Waals surface area (Å²) in [6, 6.07) is 11.9. The fraction of sp³-hybridized carbons (Fsp3) is 0.333. The van der Waals surface area contributed by atoms with Crippen LogP contribution in [-0.2, 0) is 6.42 Å². The number of hydrogen-bond acceptors (Lipinski definition) is 5. The lowest BCUT2D eigenvalue weighted by atomic mass is 10.0. The number of hydrogen-bond donors (Lipinski definition) is 1. The number of nitrogens with zero attached hydrogens (tertiary/aromatic N) is 5. The van der Waals surface area contributed by atoms with Gasteiger partial charge in [-0.05, 0) is 37.5 Å². The number of nitrogens with one attached hydrogen (secondary N) is 1. The van der Waals surface area contributed by atoms with Gasteiger partial charge in [-0.2, -0.15) is 5.10 Å². The molecule has 3 aromatic rings. The molecule has 7 nitrogen and oxygen atoms in total. The number of amides is 1. The molecule has 0 spiro atoms. The zero-order chi connectivity index (χ0) is 19.3. The van der Waals surface area contributed by atoms with Crippen LogP contribution in [0.15, 0.2) is 55.0 Å². The Kier molecular flexibility index (Phi) is 5.32. The van der Waals surface area contributed by atoms with Crippen molar-refractivity contribution in [3.63, 3.8) is 0 Å². The van der Waals surface area contributed by atoms with Crippen LogP contribution < -0.4 is 10.2 Å². The summed E-state index contributed by atoms with van der Waals surface area (Å²) in [6.45, 7) is 3.71. The average Bonchev–Trinajstić information content (AvgIpc) is 3.20. The molecule has 0 aliphatic carbocycles. The van der Waals surface area contributed by atoms with Crippen molar-refractivity contribution in [1.29, 1.82) is 0 Å². The zero-order valence-corrected chi connectivity index (χ0v) is 16.0. The molecule has 144 valence electrons. The van der Waals surface area contributed by atoms with Crippen LogP contribution in [0.4, 0.5) is 5.95 Å². The van der Waals surface area contributed by atoms with Gasteiger partial charge in [-0.15, -0.1) is 0 Å². The van der Waals surface area contributed by atoms with E-state index in [4.69, 9.17) is 0 Å². The topological polar surface area (TPSA) is 75.9 Å². The van der Waals surface area contributed by atoms with E-state index in [1.807, 2.05) is 48.0 Å².